The lowest BCUT2D eigenvalue weighted by molar-refractivity contribution is -0.117. The molecule has 0 spiro atoms. The first-order chi connectivity index (χ1) is 12.4. The zero-order valence-electron chi connectivity index (χ0n) is 13.7. The van der Waals surface area contributed by atoms with Gasteiger partial charge < -0.3 is 20.4 Å². The molecule has 26 heavy (non-hydrogen) atoms. The van der Waals surface area contributed by atoms with Crippen molar-refractivity contribution in [2.24, 2.45) is 0 Å². The first-order valence-electron chi connectivity index (χ1n) is 7.86. The Morgan fingerprint density at radius 3 is 1.65 bits per heavy atom. The first-order valence-corrected chi connectivity index (χ1v) is 7.86. The number of phenols is 4. The Labute approximate surface area is 149 Å². The molecule has 6 nitrogen and oxygen atoms in total. The monoisotopic (exact) mass is 351 g/mol. The van der Waals surface area contributed by atoms with E-state index in [1.165, 1.54) is 47.4 Å². The fraction of sp³-hybridized carbons (Fsp3) is 0.0500. The van der Waals surface area contributed by atoms with Crippen LogP contribution >= 0.6 is 0 Å². The standard InChI is InChI=1S/C20H17NO5/c22-16-5-1-14(2-6-16)21(15-3-7-17(23)8-4-15)20(26)12-13-11-18(24)9-10-19(13)25/h1-11,22-25H,12H2. The topological polar surface area (TPSA) is 101 Å². The van der Waals surface area contributed by atoms with Crippen molar-refractivity contribution in [3.05, 3.63) is 72.3 Å². The number of hydrogen-bond donors (Lipinski definition) is 4. The maximum absolute atomic E-state index is 13.0. The maximum Gasteiger partial charge on any atom is 0.236 e. The van der Waals surface area contributed by atoms with E-state index in [0.717, 1.165) is 0 Å². The Kier molecular flexibility index (Phi) is 4.66. The highest BCUT2D eigenvalue weighted by Gasteiger charge is 2.20. The second-order valence-corrected chi connectivity index (χ2v) is 5.75. The van der Waals surface area contributed by atoms with E-state index >= 15 is 0 Å². The Bertz CT molecular complexity index is 874. The smallest absolute Gasteiger partial charge is 0.236 e. The van der Waals surface area contributed by atoms with E-state index in [1.54, 1.807) is 24.3 Å². The van der Waals surface area contributed by atoms with Gasteiger partial charge in [-0.15, -0.1) is 0 Å². The summed E-state index contributed by atoms with van der Waals surface area (Å²) in [6.45, 7) is 0. The highest BCUT2D eigenvalue weighted by atomic mass is 16.3. The Morgan fingerprint density at radius 1 is 0.692 bits per heavy atom. The zero-order valence-corrected chi connectivity index (χ0v) is 13.7. The van der Waals surface area contributed by atoms with Crippen molar-refractivity contribution in [1.29, 1.82) is 0 Å². The van der Waals surface area contributed by atoms with Crippen LogP contribution in [0.5, 0.6) is 23.0 Å². The van der Waals surface area contributed by atoms with E-state index in [1.807, 2.05) is 0 Å². The summed E-state index contributed by atoms with van der Waals surface area (Å²) < 4.78 is 0. The SMILES string of the molecule is O=C(Cc1cc(O)ccc1O)N(c1ccc(O)cc1)c1ccc(O)cc1. The van der Waals surface area contributed by atoms with Gasteiger partial charge >= 0.3 is 0 Å². The fourth-order valence-electron chi connectivity index (χ4n) is 2.60. The number of rotatable bonds is 4. The van der Waals surface area contributed by atoms with Crippen LogP contribution in [-0.2, 0) is 11.2 Å². The molecule has 1 amide bonds. The number of benzene rings is 3. The van der Waals surface area contributed by atoms with Gasteiger partial charge in [0.1, 0.15) is 23.0 Å². The summed E-state index contributed by atoms with van der Waals surface area (Å²) in [7, 11) is 0. The molecule has 3 rings (SSSR count). The van der Waals surface area contributed by atoms with E-state index in [4.69, 9.17) is 0 Å². The van der Waals surface area contributed by atoms with Gasteiger partial charge in [0.2, 0.25) is 5.91 Å². The van der Waals surface area contributed by atoms with Crippen LogP contribution in [0.25, 0.3) is 0 Å². The molecule has 6 heteroatoms. The van der Waals surface area contributed by atoms with Gasteiger partial charge in [0.25, 0.3) is 0 Å². The van der Waals surface area contributed by atoms with Gasteiger partial charge in [-0.3, -0.25) is 9.69 Å². The van der Waals surface area contributed by atoms with Crippen LogP contribution in [0.1, 0.15) is 5.56 Å². The molecule has 0 aliphatic heterocycles. The molecular formula is C20H17NO5. The summed E-state index contributed by atoms with van der Waals surface area (Å²) in [5.41, 5.74) is 1.31. The molecule has 0 bridgehead atoms. The van der Waals surface area contributed by atoms with Crippen LogP contribution in [0, 0.1) is 0 Å². The Morgan fingerprint density at radius 2 is 1.15 bits per heavy atom. The fourth-order valence-corrected chi connectivity index (χ4v) is 2.60. The molecule has 3 aromatic carbocycles. The second-order valence-electron chi connectivity index (χ2n) is 5.75. The summed E-state index contributed by atoms with van der Waals surface area (Å²) in [6.07, 6.45) is -0.151. The molecule has 0 heterocycles. The minimum absolute atomic E-state index is 0.0496. The van der Waals surface area contributed by atoms with Crippen molar-refractivity contribution in [2.45, 2.75) is 6.42 Å². The zero-order chi connectivity index (χ0) is 18.7. The molecule has 0 radical (unpaired) electrons. The summed E-state index contributed by atoms with van der Waals surface area (Å²) >= 11 is 0. The maximum atomic E-state index is 13.0. The molecular weight excluding hydrogens is 334 g/mol. The number of hydrogen-bond acceptors (Lipinski definition) is 5. The Hall–Kier alpha value is -3.67. The first kappa shape index (κ1) is 17.2. The van der Waals surface area contributed by atoms with Crippen LogP contribution < -0.4 is 4.90 Å². The molecule has 0 saturated carbocycles. The summed E-state index contributed by atoms with van der Waals surface area (Å²) in [6, 6.07) is 16.2. The summed E-state index contributed by atoms with van der Waals surface area (Å²) in [5, 5.41) is 38.5. The summed E-state index contributed by atoms with van der Waals surface area (Å²) in [4.78, 5) is 14.4. The van der Waals surface area contributed by atoms with Crippen molar-refractivity contribution in [1.82, 2.24) is 0 Å². The number of carbonyl (C=O) groups is 1. The number of aromatic hydroxyl groups is 4. The average Bonchev–Trinajstić information content (AvgIpc) is 2.62. The van der Waals surface area contributed by atoms with E-state index in [-0.39, 0.29) is 40.9 Å². The van der Waals surface area contributed by atoms with E-state index in [0.29, 0.717) is 11.4 Å². The highest BCUT2D eigenvalue weighted by molar-refractivity contribution is 6.01. The van der Waals surface area contributed by atoms with Crippen LogP contribution in [-0.4, -0.2) is 26.3 Å². The minimum Gasteiger partial charge on any atom is -0.508 e. The molecule has 0 saturated heterocycles. The molecule has 0 aliphatic rings. The average molecular weight is 351 g/mol. The van der Waals surface area contributed by atoms with E-state index < -0.39 is 0 Å². The largest absolute Gasteiger partial charge is 0.508 e. The van der Waals surface area contributed by atoms with Crippen molar-refractivity contribution in [2.75, 3.05) is 4.90 Å². The third-order valence-corrected chi connectivity index (χ3v) is 3.87. The predicted molar refractivity (Wildman–Crippen MR) is 96.8 cm³/mol. The number of nitrogens with zero attached hydrogens (tertiary/aromatic N) is 1. The quantitative estimate of drug-likeness (QED) is 0.540. The van der Waals surface area contributed by atoms with Gasteiger partial charge in [0.05, 0.1) is 6.42 Å². The molecule has 132 valence electrons. The molecule has 0 fully saturated rings. The third kappa shape index (κ3) is 3.70. The predicted octanol–water partition coefficient (Wildman–Crippen LogP) is 3.42. The molecule has 0 aromatic heterocycles. The van der Waals surface area contributed by atoms with Crippen LogP contribution in [0.3, 0.4) is 0 Å². The van der Waals surface area contributed by atoms with Gasteiger partial charge in [-0.1, -0.05) is 0 Å². The molecule has 3 aromatic rings. The van der Waals surface area contributed by atoms with Gasteiger partial charge in [-0.2, -0.15) is 0 Å². The van der Waals surface area contributed by atoms with E-state index in [2.05, 4.69) is 0 Å². The number of phenolic OH excluding ortho intramolecular Hbond substituents is 4. The molecule has 0 atom stereocenters. The van der Waals surface area contributed by atoms with Crippen LogP contribution in [0.4, 0.5) is 11.4 Å². The van der Waals surface area contributed by atoms with E-state index in [9.17, 15) is 25.2 Å². The van der Waals surface area contributed by atoms with Gasteiger partial charge in [0.15, 0.2) is 0 Å². The molecule has 0 unspecified atom stereocenters. The van der Waals surface area contributed by atoms with Crippen LogP contribution in [0.15, 0.2) is 66.7 Å². The van der Waals surface area contributed by atoms with Gasteiger partial charge in [-0.25, -0.2) is 0 Å². The number of anilines is 2. The van der Waals surface area contributed by atoms with Crippen molar-refractivity contribution >= 4 is 17.3 Å². The lowest BCUT2D eigenvalue weighted by Gasteiger charge is -2.23. The highest BCUT2D eigenvalue weighted by Crippen LogP contribution is 2.30. The summed E-state index contributed by atoms with van der Waals surface area (Å²) in [5.74, 6) is -0.365. The normalized spacial score (nSPS) is 10.5. The lowest BCUT2D eigenvalue weighted by Crippen LogP contribution is -2.27. The van der Waals surface area contributed by atoms with Gasteiger partial charge in [-0.05, 0) is 66.7 Å². The number of amides is 1. The van der Waals surface area contributed by atoms with Gasteiger partial charge in [0, 0.05) is 16.9 Å². The van der Waals surface area contributed by atoms with Crippen molar-refractivity contribution < 1.29 is 25.2 Å². The van der Waals surface area contributed by atoms with Crippen LogP contribution in [0.2, 0.25) is 0 Å². The molecule has 0 aliphatic carbocycles. The second kappa shape index (κ2) is 7.06. The number of carbonyl (C=O) groups excluding carboxylic acids is 1. The minimum atomic E-state index is -0.359. The van der Waals surface area contributed by atoms with Crippen molar-refractivity contribution in [3.8, 4) is 23.0 Å². The lowest BCUT2D eigenvalue weighted by atomic mass is 10.1. The Balaban J connectivity index is 1.99. The molecule has 4 N–H and O–H groups in total. The third-order valence-electron chi connectivity index (χ3n) is 3.87. The van der Waals surface area contributed by atoms with Crippen molar-refractivity contribution in [3.63, 3.8) is 0 Å².